The van der Waals surface area contributed by atoms with E-state index >= 15 is 0 Å². The average molecular weight is 518 g/mol. The van der Waals surface area contributed by atoms with E-state index in [9.17, 15) is 20.1 Å². The summed E-state index contributed by atoms with van der Waals surface area (Å²) in [4.78, 5) is 11.4. The highest BCUT2D eigenvalue weighted by Gasteiger charge is 2.63. The Hall–Kier alpha value is 0.120. The summed E-state index contributed by atoms with van der Waals surface area (Å²) < 4.78 is -0.346. The van der Waals surface area contributed by atoms with Crippen LogP contribution in [-0.2, 0) is 4.79 Å². The van der Waals surface area contributed by atoms with E-state index in [0.717, 1.165) is 32.1 Å². The fourth-order valence-corrected chi connectivity index (χ4v) is 9.55. The number of hydrogen-bond donors (Lipinski definition) is 3. The van der Waals surface area contributed by atoms with Gasteiger partial charge in [-0.3, -0.25) is 4.79 Å². The van der Waals surface area contributed by atoms with Crippen molar-refractivity contribution in [2.75, 3.05) is 0 Å². The van der Waals surface area contributed by atoms with E-state index in [4.69, 9.17) is 0 Å². The van der Waals surface area contributed by atoms with Gasteiger partial charge in [-0.1, -0.05) is 43.4 Å². The van der Waals surface area contributed by atoms with Crippen molar-refractivity contribution in [1.29, 1.82) is 0 Å². The van der Waals surface area contributed by atoms with Crippen LogP contribution >= 0.6 is 22.6 Å². The fourth-order valence-electron chi connectivity index (χ4n) is 8.75. The quantitative estimate of drug-likeness (QED) is 0.366. The Morgan fingerprint density at radius 1 is 1.07 bits per heavy atom. The van der Waals surface area contributed by atoms with Gasteiger partial charge in [0.15, 0.2) is 0 Å². The maximum Gasteiger partial charge on any atom is 0.316 e. The molecule has 0 heterocycles. The second-order valence-corrected chi connectivity index (χ2v) is 12.9. The van der Waals surface area contributed by atoms with Gasteiger partial charge in [-0.05, 0) is 104 Å². The Kier molecular flexibility index (Phi) is 6.09. The molecule has 3 N–H and O–H groups in total. The largest absolute Gasteiger partial charge is 0.480 e. The number of aliphatic hydroxyl groups excluding tert-OH is 2. The summed E-state index contributed by atoms with van der Waals surface area (Å²) in [6, 6.07) is 0. The molecule has 5 unspecified atom stereocenters. The number of carboxylic acids is 1. The number of fused-ring (bicyclic) bond motifs is 5. The Morgan fingerprint density at radius 2 is 1.79 bits per heavy atom. The molecule has 4 saturated carbocycles. The number of aliphatic carboxylic acids is 1. The fraction of sp³-hybridized carbons (Fsp3) is 0.958. The number of carbonyl (C=O) groups is 1. The minimum Gasteiger partial charge on any atom is -0.480 e. The van der Waals surface area contributed by atoms with Gasteiger partial charge in [-0.25, -0.2) is 0 Å². The van der Waals surface area contributed by atoms with Crippen molar-refractivity contribution in [3.05, 3.63) is 0 Å². The zero-order valence-electron chi connectivity index (χ0n) is 18.2. The van der Waals surface area contributed by atoms with Crippen molar-refractivity contribution < 1.29 is 20.1 Å². The third-order valence-electron chi connectivity index (χ3n) is 10.3. The van der Waals surface area contributed by atoms with Gasteiger partial charge in [0.05, 0.1) is 12.2 Å². The van der Waals surface area contributed by atoms with E-state index in [2.05, 4.69) is 43.4 Å². The number of alkyl halides is 1. The number of halogens is 1. The minimum atomic E-state index is -0.716. The summed E-state index contributed by atoms with van der Waals surface area (Å²) in [7, 11) is 0. The Balaban J connectivity index is 1.57. The van der Waals surface area contributed by atoms with E-state index < -0.39 is 5.97 Å². The Morgan fingerprint density at radius 3 is 2.48 bits per heavy atom. The molecule has 0 aromatic carbocycles. The standard InChI is InChI=1S/C24H39IO4/c1-13(10-20(25)22(28)29)17-6-7-18-16-5-4-14-11-15(26)8-9-23(14,2)19(16)12-21(27)24(17,18)3/h13-21,26-27H,4-12H2,1-3H3,(H,28,29)/t13?,14-,15-,16?,17-,18?,19?,20?,21+,23+,24-/m1/s1. The smallest absolute Gasteiger partial charge is 0.316 e. The van der Waals surface area contributed by atoms with Crippen LogP contribution in [0.2, 0.25) is 0 Å². The third-order valence-corrected chi connectivity index (χ3v) is 11.4. The van der Waals surface area contributed by atoms with E-state index in [0.29, 0.717) is 41.9 Å². The summed E-state index contributed by atoms with van der Waals surface area (Å²) in [5.41, 5.74) is 0.192. The summed E-state index contributed by atoms with van der Waals surface area (Å²) >= 11 is 2.06. The molecule has 166 valence electrons. The molecule has 0 saturated heterocycles. The molecule has 0 radical (unpaired) electrons. The average Bonchev–Trinajstić information content (AvgIpc) is 3.02. The molecular formula is C24H39IO4. The number of hydrogen-bond acceptors (Lipinski definition) is 3. The van der Waals surface area contributed by atoms with Crippen LogP contribution in [0.5, 0.6) is 0 Å². The van der Waals surface area contributed by atoms with Gasteiger partial charge in [0.1, 0.15) is 3.92 Å². The van der Waals surface area contributed by atoms with Crippen molar-refractivity contribution in [1.82, 2.24) is 0 Å². The van der Waals surface area contributed by atoms with Crippen LogP contribution in [0.15, 0.2) is 0 Å². The summed E-state index contributed by atoms with van der Waals surface area (Å²) in [6.45, 7) is 7.00. The zero-order valence-corrected chi connectivity index (χ0v) is 20.3. The molecule has 29 heavy (non-hydrogen) atoms. The molecule has 0 spiro atoms. The first-order valence-electron chi connectivity index (χ1n) is 11.8. The SMILES string of the molecule is CC(CC(I)C(=O)O)[C@H]1CCC2C3CC[C@@H]4C[C@H](O)CC[C@]4(C)C3C[C@H](O)[C@@]21C. The Labute approximate surface area is 189 Å². The molecule has 0 aliphatic heterocycles. The number of aliphatic hydroxyl groups is 2. The molecule has 4 nitrogen and oxygen atoms in total. The van der Waals surface area contributed by atoms with Gasteiger partial charge in [0.2, 0.25) is 0 Å². The summed E-state index contributed by atoms with van der Waals surface area (Å²) in [6.07, 6.45) is 8.94. The highest BCUT2D eigenvalue weighted by Crippen LogP contribution is 2.68. The van der Waals surface area contributed by atoms with Crippen LogP contribution in [-0.4, -0.2) is 37.4 Å². The van der Waals surface area contributed by atoms with Crippen LogP contribution in [0.25, 0.3) is 0 Å². The minimum absolute atomic E-state index is 0.0766. The van der Waals surface area contributed by atoms with Crippen molar-refractivity contribution in [2.45, 2.75) is 94.7 Å². The van der Waals surface area contributed by atoms with Gasteiger partial charge in [0, 0.05) is 0 Å². The van der Waals surface area contributed by atoms with Crippen molar-refractivity contribution in [3.63, 3.8) is 0 Å². The van der Waals surface area contributed by atoms with Gasteiger partial charge in [0.25, 0.3) is 0 Å². The van der Waals surface area contributed by atoms with Crippen molar-refractivity contribution in [3.8, 4) is 0 Å². The summed E-state index contributed by atoms with van der Waals surface area (Å²) in [5, 5.41) is 31.1. The highest BCUT2D eigenvalue weighted by molar-refractivity contribution is 14.1. The van der Waals surface area contributed by atoms with Crippen LogP contribution in [0.3, 0.4) is 0 Å². The summed E-state index contributed by atoms with van der Waals surface area (Å²) in [5.74, 6) is 2.46. The van der Waals surface area contributed by atoms with Crippen LogP contribution in [0, 0.1) is 46.3 Å². The second-order valence-electron chi connectivity index (χ2n) is 11.4. The Bertz CT molecular complexity index is 640. The zero-order chi connectivity index (χ0) is 21.1. The first-order valence-corrected chi connectivity index (χ1v) is 13.1. The highest BCUT2D eigenvalue weighted by atomic mass is 127. The normalized spacial score (nSPS) is 51.4. The van der Waals surface area contributed by atoms with Crippen LogP contribution in [0.1, 0.15) is 78.6 Å². The van der Waals surface area contributed by atoms with E-state index in [1.54, 1.807) is 0 Å². The second kappa shape index (κ2) is 7.91. The molecule has 4 aliphatic carbocycles. The molecule has 4 rings (SSSR count). The maximum atomic E-state index is 11.5. The monoisotopic (exact) mass is 518 g/mol. The molecule has 0 aromatic rings. The van der Waals surface area contributed by atoms with Gasteiger partial charge in [-0.2, -0.15) is 0 Å². The molecule has 5 heteroatoms. The van der Waals surface area contributed by atoms with Crippen LogP contribution in [0.4, 0.5) is 0 Å². The van der Waals surface area contributed by atoms with Gasteiger partial charge >= 0.3 is 5.97 Å². The molecule has 11 atom stereocenters. The van der Waals surface area contributed by atoms with Crippen molar-refractivity contribution >= 4 is 28.6 Å². The predicted octanol–water partition coefficient (Wildman–Crippen LogP) is 4.89. The van der Waals surface area contributed by atoms with Crippen molar-refractivity contribution in [2.24, 2.45) is 46.3 Å². The predicted molar refractivity (Wildman–Crippen MR) is 122 cm³/mol. The van der Waals surface area contributed by atoms with Gasteiger partial charge < -0.3 is 15.3 Å². The lowest BCUT2D eigenvalue weighted by molar-refractivity contribution is -0.175. The molecule has 4 aliphatic rings. The molecule has 4 fully saturated rings. The molecule has 0 amide bonds. The topological polar surface area (TPSA) is 77.8 Å². The van der Waals surface area contributed by atoms with E-state index in [1.165, 1.54) is 19.3 Å². The third kappa shape index (κ3) is 3.49. The van der Waals surface area contributed by atoms with E-state index in [-0.39, 0.29) is 27.0 Å². The molecule has 0 bridgehead atoms. The lowest BCUT2D eigenvalue weighted by atomic mass is 9.43. The molecule has 0 aromatic heterocycles. The van der Waals surface area contributed by atoms with E-state index in [1.807, 2.05) is 0 Å². The van der Waals surface area contributed by atoms with Gasteiger partial charge in [-0.15, -0.1) is 0 Å². The lowest BCUT2D eigenvalue weighted by Crippen LogP contribution is -2.58. The first kappa shape index (κ1) is 22.3. The maximum absolute atomic E-state index is 11.5. The number of carboxylic acid groups (broad SMARTS) is 1. The first-order chi connectivity index (χ1) is 13.6. The number of rotatable bonds is 4. The lowest BCUT2D eigenvalue weighted by Gasteiger charge is -2.62. The molecular weight excluding hydrogens is 479 g/mol. The van der Waals surface area contributed by atoms with Crippen LogP contribution < -0.4 is 0 Å².